The summed E-state index contributed by atoms with van der Waals surface area (Å²) >= 11 is 0. The van der Waals surface area contributed by atoms with Crippen LogP contribution in [0.3, 0.4) is 0 Å². The molecule has 0 aromatic carbocycles. The van der Waals surface area contributed by atoms with E-state index in [2.05, 4.69) is 45.3 Å². The van der Waals surface area contributed by atoms with E-state index in [-0.39, 0.29) is 11.4 Å². The fourth-order valence-electron chi connectivity index (χ4n) is 2.43. The smallest absolute Gasteiger partial charge is 0.221 e. The highest BCUT2D eigenvalue weighted by atomic mass is 16.1. The zero-order valence-electron chi connectivity index (χ0n) is 12.0. The minimum atomic E-state index is 0.0953. The first kappa shape index (κ1) is 14.5. The zero-order chi connectivity index (χ0) is 13.1. The fraction of sp³-hybridized carbons (Fsp3) is 0.929. The topological polar surface area (TPSA) is 41.1 Å². The average molecular weight is 240 g/mol. The molecule has 3 heteroatoms. The quantitative estimate of drug-likeness (QED) is 0.749. The molecule has 0 spiro atoms. The molecule has 0 aromatic rings. The number of hydrogen-bond donors (Lipinski definition) is 2. The van der Waals surface area contributed by atoms with Gasteiger partial charge in [-0.2, -0.15) is 0 Å². The molecule has 1 fully saturated rings. The van der Waals surface area contributed by atoms with E-state index in [0.29, 0.717) is 17.9 Å². The van der Waals surface area contributed by atoms with Crippen LogP contribution in [0.2, 0.25) is 0 Å². The fourth-order valence-corrected chi connectivity index (χ4v) is 2.43. The van der Waals surface area contributed by atoms with Crippen LogP contribution in [0.25, 0.3) is 0 Å². The van der Waals surface area contributed by atoms with Crippen molar-refractivity contribution in [3.05, 3.63) is 0 Å². The molecule has 1 rings (SSSR count). The van der Waals surface area contributed by atoms with Gasteiger partial charge in [0.15, 0.2) is 0 Å². The number of rotatable bonds is 6. The van der Waals surface area contributed by atoms with E-state index < -0.39 is 0 Å². The molecule has 1 aliphatic carbocycles. The Kier molecular flexibility index (Phi) is 4.59. The summed E-state index contributed by atoms with van der Waals surface area (Å²) in [5.41, 5.74) is 0.408. The number of carbonyl (C=O) groups is 1. The standard InChI is InChI=1S/C14H28N2O/c1-13(2,3)10-14(4,5)15-9-8-12(17)16-11-6-7-11/h11,15H,6-10H2,1-5H3,(H,16,17). The van der Waals surface area contributed by atoms with Crippen LogP contribution in [0.15, 0.2) is 0 Å². The van der Waals surface area contributed by atoms with Crippen LogP contribution < -0.4 is 10.6 Å². The van der Waals surface area contributed by atoms with Gasteiger partial charge in [-0.25, -0.2) is 0 Å². The molecule has 0 unspecified atom stereocenters. The molecule has 0 radical (unpaired) electrons. The van der Waals surface area contributed by atoms with Gasteiger partial charge in [0.25, 0.3) is 0 Å². The van der Waals surface area contributed by atoms with Crippen molar-refractivity contribution in [2.24, 2.45) is 5.41 Å². The minimum absolute atomic E-state index is 0.0953. The monoisotopic (exact) mass is 240 g/mol. The Hall–Kier alpha value is -0.570. The van der Waals surface area contributed by atoms with E-state index in [9.17, 15) is 4.79 Å². The van der Waals surface area contributed by atoms with Crippen LogP contribution in [0.1, 0.15) is 60.3 Å². The maximum Gasteiger partial charge on any atom is 0.221 e. The van der Waals surface area contributed by atoms with Crippen LogP contribution in [0, 0.1) is 5.41 Å². The van der Waals surface area contributed by atoms with Crippen molar-refractivity contribution in [3.8, 4) is 0 Å². The number of amides is 1. The van der Waals surface area contributed by atoms with Crippen molar-refractivity contribution in [2.75, 3.05) is 6.54 Å². The van der Waals surface area contributed by atoms with E-state index in [0.717, 1.165) is 25.8 Å². The van der Waals surface area contributed by atoms with Crippen LogP contribution in [0.5, 0.6) is 0 Å². The highest BCUT2D eigenvalue weighted by Crippen LogP contribution is 2.26. The number of hydrogen-bond acceptors (Lipinski definition) is 2. The predicted molar refractivity (Wildman–Crippen MR) is 71.9 cm³/mol. The normalized spacial score (nSPS) is 17.0. The summed E-state index contributed by atoms with van der Waals surface area (Å²) in [6, 6.07) is 0.477. The van der Waals surface area contributed by atoms with Gasteiger partial charge in [-0.3, -0.25) is 4.79 Å². The van der Waals surface area contributed by atoms with Gasteiger partial charge in [0.05, 0.1) is 0 Å². The molecule has 0 aliphatic heterocycles. The Labute approximate surface area is 106 Å². The summed E-state index contributed by atoms with van der Waals surface area (Å²) in [6.45, 7) is 11.9. The van der Waals surface area contributed by atoms with Crippen LogP contribution in [-0.4, -0.2) is 24.0 Å². The van der Waals surface area contributed by atoms with Crippen molar-refractivity contribution in [2.45, 2.75) is 71.9 Å². The molecule has 1 amide bonds. The molecule has 3 nitrogen and oxygen atoms in total. The van der Waals surface area contributed by atoms with Gasteiger partial charge >= 0.3 is 0 Å². The van der Waals surface area contributed by atoms with Gasteiger partial charge in [0.2, 0.25) is 5.91 Å². The summed E-state index contributed by atoms with van der Waals surface area (Å²) in [6.07, 6.45) is 4.01. The first-order valence-corrected chi connectivity index (χ1v) is 6.72. The summed E-state index contributed by atoms with van der Waals surface area (Å²) in [5.74, 6) is 0.187. The molecule has 0 heterocycles. The Balaban J connectivity index is 2.17. The highest BCUT2D eigenvalue weighted by Gasteiger charge is 2.26. The third-order valence-corrected chi connectivity index (χ3v) is 2.87. The molecule has 100 valence electrons. The first-order valence-electron chi connectivity index (χ1n) is 6.72. The molecule has 0 bridgehead atoms. The van der Waals surface area contributed by atoms with Gasteiger partial charge in [0.1, 0.15) is 0 Å². The van der Waals surface area contributed by atoms with E-state index in [1.54, 1.807) is 0 Å². The van der Waals surface area contributed by atoms with Crippen LogP contribution >= 0.6 is 0 Å². The maximum absolute atomic E-state index is 11.5. The molecule has 2 N–H and O–H groups in total. The second kappa shape index (κ2) is 5.38. The van der Waals surface area contributed by atoms with E-state index >= 15 is 0 Å². The van der Waals surface area contributed by atoms with E-state index in [1.807, 2.05) is 0 Å². The largest absolute Gasteiger partial charge is 0.353 e. The third-order valence-electron chi connectivity index (χ3n) is 2.87. The SMILES string of the molecule is CC(C)(C)CC(C)(C)NCCC(=O)NC1CC1. The van der Waals surface area contributed by atoms with Gasteiger partial charge < -0.3 is 10.6 Å². The molecule has 1 saturated carbocycles. The van der Waals surface area contributed by atoms with Crippen molar-refractivity contribution in [1.29, 1.82) is 0 Å². The average Bonchev–Trinajstić information content (AvgIpc) is 2.82. The molecule has 17 heavy (non-hydrogen) atoms. The van der Waals surface area contributed by atoms with Crippen molar-refractivity contribution in [1.82, 2.24) is 10.6 Å². The molecular formula is C14H28N2O. The third kappa shape index (κ3) is 7.37. The first-order chi connectivity index (χ1) is 7.68. The number of carbonyl (C=O) groups excluding carboxylic acids is 1. The number of nitrogens with one attached hydrogen (secondary N) is 2. The van der Waals surface area contributed by atoms with Crippen LogP contribution in [0.4, 0.5) is 0 Å². The minimum Gasteiger partial charge on any atom is -0.353 e. The van der Waals surface area contributed by atoms with Crippen molar-refractivity contribution in [3.63, 3.8) is 0 Å². The molecule has 0 saturated heterocycles. The van der Waals surface area contributed by atoms with Crippen molar-refractivity contribution >= 4 is 5.91 Å². The maximum atomic E-state index is 11.5. The summed E-state index contributed by atoms with van der Waals surface area (Å²) in [5, 5.41) is 6.49. The lowest BCUT2D eigenvalue weighted by Gasteiger charge is -2.33. The lowest BCUT2D eigenvalue weighted by molar-refractivity contribution is -0.121. The summed E-state index contributed by atoms with van der Waals surface area (Å²) in [7, 11) is 0. The predicted octanol–water partition coefficient (Wildman–Crippen LogP) is 2.46. The second-order valence-corrected chi connectivity index (χ2v) is 7.14. The van der Waals surface area contributed by atoms with Gasteiger partial charge in [-0.1, -0.05) is 20.8 Å². The molecule has 0 aromatic heterocycles. The van der Waals surface area contributed by atoms with Crippen LogP contribution in [-0.2, 0) is 4.79 Å². The highest BCUT2D eigenvalue weighted by molar-refractivity contribution is 5.76. The zero-order valence-corrected chi connectivity index (χ0v) is 12.0. The van der Waals surface area contributed by atoms with Gasteiger partial charge in [0, 0.05) is 24.5 Å². The second-order valence-electron chi connectivity index (χ2n) is 7.14. The molecular weight excluding hydrogens is 212 g/mol. The Morgan fingerprint density at radius 2 is 1.76 bits per heavy atom. The Morgan fingerprint density at radius 1 is 1.18 bits per heavy atom. The van der Waals surface area contributed by atoms with Gasteiger partial charge in [-0.15, -0.1) is 0 Å². The van der Waals surface area contributed by atoms with E-state index in [1.165, 1.54) is 0 Å². The summed E-state index contributed by atoms with van der Waals surface area (Å²) in [4.78, 5) is 11.5. The lowest BCUT2D eigenvalue weighted by Crippen LogP contribution is -2.44. The summed E-state index contributed by atoms with van der Waals surface area (Å²) < 4.78 is 0. The Bertz CT molecular complexity index is 262. The molecule has 1 aliphatic rings. The van der Waals surface area contributed by atoms with Crippen molar-refractivity contribution < 1.29 is 4.79 Å². The Morgan fingerprint density at radius 3 is 2.24 bits per heavy atom. The van der Waals surface area contributed by atoms with E-state index in [4.69, 9.17) is 0 Å². The molecule has 0 atom stereocenters. The lowest BCUT2D eigenvalue weighted by atomic mass is 9.82. The van der Waals surface area contributed by atoms with Gasteiger partial charge in [-0.05, 0) is 38.5 Å².